The van der Waals surface area contributed by atoms with E-state index in [1.165, 1.54) is 18.4 Å². The molecule has 0 radical (unpaired) electrons. The maximum Gasteiger partial charge on any atom is 0.0517 e. The molecule has 0 amide bonds. The van der Waals surface area contributed by atoms with Gasteiger partial charge in [0.25, 0.3) is 0 Å². The maximum absolute atomic E-state index is 6.20. The van der Waals surface area contributed by atoms with Crippen LogP contribution in [0.1, 0.15) is 30.9 Å². The van der Waals surface area contributed by atoms with Crippen molar-refractivity contribution in [2.24, 2.45) is 5.73 Å². The van der Waals surface area contributed by atoms with E-state index >= 15 is 0 Å². The van der Waals surface area contributed by atoms with E-state index < -0.39 is 0 Å². The molecule has 1 aromatic rings. The number of aromatic nitrogens is 1. The first-order valence-electron chi connectivity index (χ1n) is 5.77. The molecule has 3 rings (SSSR count). The summed E-state index contributed by atoms with van der Waals surface area (Å²) < 4.78 is 0. The molecule has 3 nitrogen and oxygen atoms in total. The second kappa shape index (κ2) is 3.58. The van der Waals surface area contributed by atoms with Crippen LogP contribution in [0.4, 0.5) is 0 Å². The van der Waals surface area contributed by atoms with Crippen LogP contribution in [0.2, 0.25) is 0 Å². The molecular formula is C12H17N3. The summed E-state index contributed by atoms with van der Waals surface area (Å²) >= 11 is 0. The summed E-state index contributed by atoms with van der Waals surface area (Å²) in [5.74, 6) is 0. The van der Waals surface area contributed by atoms with E-state index in [0.29, 0.717) is 6.04 Å². The third-order valence-corrected chi connectivity index (χ3v) is 3.53. The van der Waals surface area contributed by atoms with Gasteiger partial charge in [-0.1, -0.05) is 6.07 Å². The summed E-state index contributed by atoms with van der Waals surface area (Å²) in [7, 11) is 0. The Hall–Kier alpha value is -0.930. The fourth-order valence-electron chi connectivity index (χ4n) is 2.65. The quantitative estimate of drug-likeness (QED) is 0.788. The van der Waals surface area contributed by atoms with Gasteiger partial charge < -0.3 is 5.73 Å². The van der Waals surface area contributed by atoms with E-state index in [-0.39, 0.29) is 6.04 Å². The van der Waals surface area contributed by atoms with E-state index in [4.69, 9.17) is 5.73 Å². The molecule has 1 aromatic heterocycles. The minimum Gasteiger partial charge on any atom is -0.326 e. The highest BCUT2D eigenvalue weighted by Crippen LogP contribution is 2.39. The lowest BCUT2D eigenvalue weighted by molar-refractivity contribution is 0.237. The number of rotatable bonds is 2. The molecule has 2 N–H and O–H groups in total. The molecule has 2 aliphatic rings. The molecule has 80 valence electrons. The summed E-state index contributed by atoms with van der Waals surface area (Å²) in [6.45, 7) is 1.16. The Morgan fingerprint density at radius 1 is 1.33 bits per heavy atom. The lowest BCUT2D eigenvalue weighted by Crippen LogP contribution is -2.33. The SMILES string of the molecule is NC1CCN(C2CC2)C1c1cccnc1. The molecule has 1 saturated heterocycles. The van der Waals surface area contributed by atoms with Crippen LogP contribution in [0.5, 0.6) is 0 Å². The van der Waals surface area contributed by atoms with Gasteiger partial charge in [-0.2, -0.15) is 0 Å². The number of nitrogens with two attached hydrogens (primary N) is 1. The lowest BCUT2D eigenvalue weighted by Gasteiger charge is -2.26. The molecule has 15 heavy (non-hydrogen) atoms. The Balaban J connectivity index is 1.88. The first kappa shape index (κ1) is 9.31. The summed E-state index contributed by atoms with van der Waals surface area (Å²) in [6, 6.07) is 5.65. The molecule has 0 aromatic carbocycles. The van der Waals surface area contributed by atoms with Gasteiger partial charge in [0.05, 0.1) is 6.04 Å². The van der Waals surface area contributed by atoms with Gasteiger partial charge in [0, 0.05) is 31.0 Å². The predicted molar refractivity (Wildman–Crippen MR) is 59.3 cm³/mol. The van der Waals surface area contributed by atoms with Gasteiger partial charge in [0.15, 0.2) is 0 Å². The molecule has 1 aliphatic carbocycles. The van der Waals surface area contributed by atoms with Crippen LogP contribution < -0.4 is 5.73 Å². The van der Waals surface area contributed by atoms with Crippen molar-refractivity contribution >= 4 is 0 Å². The van der Waals surface area contributed by atoms with Crippen molar-refractivity contribution in [3.63, 3.8) is 0 Å². The van der Waals surface area contributed by atoms with Gasteiger partial charge in [0.2, 0.25) is 0 Å². The smallest absolute Gasteiger partial charge is 0.0517 e. The van der Waals surface area contributed by atoms with E-state index in [9.17, 15) is 0 Å². The van der Waals surface area contributed by atoms with E-state index in [1.807, 2.05) is 18.5 Å². The van der Waals surface area contributed by atoms with E-state index in [1.54, 1.807) is 0 Å². The molecule has 3 heteroatoms. The Labute approximate surface area is 90.3 Å². The third-order valence-electron chi connectivity index (χ3n) is 3.53. The molecule has 1 saturated carbocycles. The number of nitrogens with zero attached hydrogens (tertiary/aromatic N) is 2. The van der Waals surface area contributed by atoms with Gasteiger partial charge in [-0.05, 0) is 30.9 Å². The maximum atomic E-state index is 6.20. The van der Waals surface area contributed by atoms with Crippen LogP contribution in [-0.4, -0.2) is 28.5 Å². The number of hydrogen-bond donors (Lipinski definition) is 1. The Morgan fingerprint density at radius 2 is 2.20 bits per heavy atom. The minimum absolute atomic E-state index is 0.287. The minimum atomic E-state index is 0.287. The second-order valence-electron chi connectivity index (χ2n) is 4.65. The molecule has 1 aliphatic heterocycles. The van der Waals surface area contributed by atoms with Crippen molar-refractivity contribution in [2.45, 2.75) is 37.4 Å². The van der Waals surface area contributed by atoms with Gasteiger partial charge in [-0.15, -0.1) is 0 Å². The second-order valence-corrected chi connectivity index (χ2v) is 4.65. The molecule has 2 unspecified atom stereocenters. The highest BCUT2D eigenvalue weighted by Gasteiger charge is 2.41. The van der Waals surface area contributed by atoms with Crippen molar-refractivity contribution in [1.82, 2.24) is 9.88 Å². The summed E-state index contributed by atoms with van der Waals surface area (Å²) in [4.78, 5) is 6.77. The fourth-order valence-corrected chi connectivity index (χ4v) is 2.65. The number of likely N-dealkylation sites (tertiary alicyclic amines) is 1. The van der Waals surface area contributed by atoms with Crippen molar-refractivity contribution in [3.8, 4) is 0 Å². The van der Waals surface area contributed by atoms with Gasteiger partial charge in [-0.25, -0.2) is 0 Å². The lowest BCUT2D eigenvalue weighted by atomic mass is 10.0. The average Bonchev–Trinajstić information content (AvgIpc) is 3.04. The molecule has 2 fully saturated rings. The predicted octanol–water partition coefficient (Wildman–Crippen LogP) is 1.32. The van der Waals surface area contributed by atoms with Crippen LogP contribution in [0.15, 0.2) is 24.5 Å². The highest BCUT2D eigenvalue weighted by molar-refractivity contribution is 5.19. The fraction of sp³-hybridized carbons (Fsp3) is 0.583. The average molecular weight is 203 g/mol. The molecule has 0 spiro atoms. The zero-order valence-corrected chi connectivity index (χ0v) is 8.84. The Morgan fingerprint density at radius 3 is 2.87 bits per heavy atom. The Kier molecular flexibility index (Phi) is 2.22. The molecule has 2 atom stereocenters. The standard InChI is InChI=1S/C12H17N3/c13-11-5-7-15(10-3-4-10)12(11)9-2-1-6-14-8-9/h1-2,6,8,10-12H,3-5,7,13H2. The summed E-state index contributed by atoms with van der Waals surface area (Å²) in [6.07, 6.45) is 7.61. The van der Waals surface area contributed by atoms with E-state index in [2.05, 4.69) is 16.0 Å². The zero-order valence-electron chi connectivity index (χ0n) is 8.84. The van der Waals surface area contributed by atoms with Crippen LogP contribution >= 0.6 is 0 Å². The Bertz CT molecular complexity index is 334. The first-order chi connectivity index (χ1) is 7.36. The van der Waals surface area contributed by atoms with Crippen molar-refractivity contribution in [2.75, 3.05) is 6.54 Å². The monoisotopic (exact) mass is 203 g/mol. The molecular weight excluding hydrogens is 186 g/mol. The van der Waals surface area contributed by atoms with Gasteiger partial charge in [-0.3, -0.25) is 9.88 Å². The number of pyridine rings is 1. The van der Waals surface area contributed by atoms with Crippen LogP contribution in [-0.2, 0) is 0 Å². The largest absolute Gasteiger partial charge is 0.326 e. The van der Waals surface area contributed by atoms with Crippen LogP contribution in [0.25, 0.3) is 0 Å². The molecule has 0 bridgehead atoms. The first-order valence-corrected chi connectivity index (χ1v) is 5.77. The molecule has 2 heterocycles. The topological polar surface area (TPSA) is 42.1 Å². The zero-order chi connectivity index (χ0) is 10.3. The summed E-state index contributed by atoms with van der Waals surface area (Å²) in [5, 5.41) is 0. The number of hydrogen-bond acceptors (Lipinski definition) is 3. The summed E-state index contributed by atoms with van der Waals surface area (Å²) in [5.41, 5.74) is 7.48. The van der Waals surface area contributed by atoms with Crippen LogP contribution in [0, 0.1) is 0 Å². The van der Waals surface area contributed by atoms with Crippen molar-refractivity contribution in [3.05, 3.63) is 30.1 Å². The van der Waals surface area contributed by atoms with Gasteiger partial charge in [0.1, 0.15) is 0 Å². The highest BCUT2D eigenvalue weighted by atomic mass is 15.2. The van der Waals surface area contributed by atoms with Crippen LogP contribution in [0.3, 0.4) is 0 Å². The van der Waals surface area contributed by atoms with Gasteiger partial charge >= 0.3 is 0 Å². The normalized spacial score (nSPS) is 32.1. The van der Waals surface area contributed by atoms with Crippen molar-refractivity contribution in [1.29, 1.82) is 0 Å². The van der Waals surface area contributed by atoms with E-state index in [0.717, 1.165) is 19.0 Å². The third kappa shape index (κ3) is 1.66. The van der Waals surface area contributed by atoms with Crippen molar-refractivity contribution < 1.29 is 0 Å².